The largest absolute Gasteiger partial charge is 0.491 e. The maximum atomic E-state index is 12.9. The van der Waals surface area contributed by atoms with E-state index in [0.29, 0.717) is 18.8 Å². The first-order valence-electron chi connectivity index (χ1n) is 16.3. The second-order valence-corrected chi connectivity index (χ2v) is 19.4. The molecule has 0 atom stereocenters. The summed E-state index contributed by atoms with van der Waals surface area (Å²) in [5, 5.41) is 3.21. The predicted octanol–water partition coefficient (Wildman–Crippen LogP) is 8.51. The van der Waals surface area contributed by atoms with E-state index >= 15 is 0 Å². The van der Waals surface area contributed by atoms with Gasteiger partial charge in [0.2, 0.25) is 0 Å². The van der Waals surface area contributed by atoms with E-state index in [0.717, 1.165) is 60.4 Å². The number of amides is 1. The molecule has 1 fully saturated rings. The van der Waals surface area contributed by atoms with Crippen LogP contribution in [0, 0.1) is 6.92 Å². The molecule has 45 heavy (non-hydrogen) atoms. The normalized spacial score (nSPS) is 17.4. The van der Waals surface area contributed by atoms with Gasteiger partial charge in [0.05, 0.1) is 19.3 Å². The van der Waals surface area contributed by atoms with Crippen molar-refractivity contribution in [2.45, 2.75) is 117 Å². The van der Waals surface area contributed by atoms with Gasteiger partial charge in [-0.1, -0.05) is 32.9 Å². The Morgan fingerprint density at radius 3 is 2.09 bits per heavy atom. The molecule has 0 spiro atoms. The summed E-state index contributed by atoms with van der Waals surface area (Å²) in [6.07, 6.45) is 3.23. The molecule has 3 rings (SSSR count). The number of nitrogens with one attached hydrogen (secondary N) is 1. The first-order chi connectivity index (χ1) is 21.0. The summed E-state index contributed by atoms with van der Waals surface area (Å²) >= 11 is 0. The van der Waals surface area contributed by atoms with Crippen LogP contribution in [0.1, 0.15) is 90.1 Å². The van der Waals surface area contributed by atoms with Gasteiger partial charge in [-0.05, 0) is 119 Å². The van der Waals surface area contributed by atoms with Crippen LogP contribution in [0.2, 0.25) is 18.1 Å². The molecule has 2 aromatic rings. The topological polar surface area (TPSA) is 86.3 Å². The molecule has 0 unspecified atom stereocenters. The maximum absolute atomic E-state index is 12.9. The quantitative estimate of drug-likeness (QED) is 0.150. The van der Waals surface area contributed by atoms with Crippen LogP contribution in [-0.2, 0) is 13.9 Å². The molecule has 9 heteroatoms. The van der Waals surface area contributed by atoms with Gasteiger partial charge in [0.25, 0.3) is 0 Å². The van der Waals surface area contributed by atoms with Crippen LogP contribution in [0.3, 0.4) is 0 Å². The molecular formula is C36H56N2O6Si. The number of hydrogen-bond donors (Lipinski definition) is 1. The average molecular weight is 641 g/mol. The number of methoxy groups -OCH3 is 1. The van der Waals surface area contributed by atoms with E-state index in [2.05, 4.69) is 57.1 Å². The molecule has 1 amide bonds. The van der Waals surface area contributed by atoms with Crippen molar-refractivity contribution >= 4 is 26.1 Å². The van der Waals surface area contributed by atoms with E-state index in [9.17, 15) is 9.59 Å². The van der Waals surface area contributed by atoms with E-state index in [1.165, 1.54) is 7.11 Å². The van der Waals surface area contributed by atoms with Crippen molar-refractivity contribution in [3.05, 3.63) is 47.5 Å². The molecule has 250 valence electrons. The summed E-state index contributed by atoms with van der Waals surface area (Å²) < 4.78 is 22.9. The summed E-state index contributed by atoms with van der Waals surface area (Å²) in [6, 6.07) is 12.5. The molecule has 1 N–H and O–H groups in total. The lowest BCUT2D eigenvalue weighted by atomic mass is 9.89. The van der Waals surface area contributed by atoms with E-state index in [1.54, 1.807) is 0 Å². The molecule has 0 aromatic heterocycles. The Bertz CT molecular complexity index is 1290. The van der Waals surface area contributed by atoms with Gasteiger partial charge in [-0.15, -0.1) is 0 Å². The highest BCUT2D eigenvalue weighted by atomic mass is 28.4. The Balaban J connectivity index is 1.76. The standard InChI is InChI=1S/C36H56N2O6Si/c1-12-38(29-17-15-28(16-18-29)37-34(40)44-35(3,4)5)32-24-27(23-31(25(32)2)33(39)41-9)26-13-19-30(20-14-26)42-21-22-43-45(10,11)36(6,7)8/h13-14,19-20,23-24,28-29H,12,15-18,21-22H2,1-11H3,(H,37,40). The van der Waals surface area contributed by atoms with Gasteiger partial charge < -0.3 is 28.9 Å². The Hall–Kier alpha value is -3.04. The smallest absolute Gasteiger partial charge is 0.407 e. The number of esters is 1. The highest BCUT2D eigenvalue weighted by molar-refractivity contribution is 6.74. The highest BCUT2D eigenvalue weighted by Gasteiger charge is 2.37. The van der Waals surface area contributed by atoms with Crippen molar-refractivity contribution in [1.29, 1.82) is 0 Å². The summed E-state index contributed by atoms with van der Waals surface area (Å²) in [5.74, 6) is 0.434. The third-order valence-electron chi connectivity index (χ3n) is 9.10. The monoisotopic (exact) mass is 640 g/mol. The van der Waals surface area contributed by atoms with Gasteiger partial charge in [0.1, 0.15) is 18.0 Å². The Labute approximate surface area is 272 Å². The van der Waals surface area contributed by atoms with Crippen LogP contribution in [-0.4, -0.2) is 64.9 Å². The minimum absolute atomic E-state index is 0.0900. The van der Waals surface area contributed by atoms with E-state index in [1.807, 2.05) is 58.0 Å². The molecule has 0 aliphatic heterocycles. The zero-order valence-corrected chi connectivity index (χ0v) is 30.5. The fourth-order valence-electron chi connectivity index (χ4n) is 5.53. The molecule has 0 heterocycles. The lowest BCUT2D eigenvalue weighted by molar-refractivity contribution is 0.0490. The summed E-state index contributed by atoms with van der Waals surface area (Å²) in [5.41, 5.74) is 3.92. The minimum atomic E-state index is -1.81. The van der Waals surface area contributed by atoms with E-state index in [-0.39, 0.29) is 29.2 Å². The van der Waals surface area contributed by atoms with Crippen LogP contribution in [0.15, 0.2) is 36.4 Å². The highest BCUT2D eigenvalue weighted by Crippen LogP contribution is 2.37. The number of benzene rings is 2. The van der Waals surface area contributed by atoms with Crippen molar-refractivity contribution < 1.29 is 28.2 Å². The van der Waals surface area contributed by atoms with Gasteiger partial charge in [0, 0.05) is 24.3 Å². The van der Waals surface area contributed by atoms with Crippen LogP contribution >= 0.6 is 0 Å². The van der Waals surface area contributed by atoms with Crippen molar-refractivity contribution in [1.82, 2.24) is 5.32 Å². The lowest BCUT2D eigenvalue weighted by Gasteiger charge is -2.39. The number of alkyl carbamates (subject to hydrolysis) is 1. The third kappa shape index (κ3) is 9.97. The average Bonchev–Trinajstić information content (AvgIpc) is 2.95. The molecule has 8 nitrogen and oxygen atoms in total. The van der Waals surface area contributed by atoms with Crippen molar-refractivity contribution in [2.75, 3.05) is 31.8 Å². The zero-order chi connectivity index (χ0) is 33.6. The maximum Gasteiger partial charge on any atom is 0.407 e. The number of carbonyl (C=O) groups excluding carboxylic acids is 2. The molecule has 0 saturated heterocycles. The molecule has 0 bridgehead atoms. The molecule has 1 aliphatic carbocycles. The van der Waals surface area contributed by atoms with Crippen molar-refractivity contribution in [3.8, 4) is 16.9 Å². The number of rotatable bonds is 11. The van der Waals surface area contributed by atoms with Gasteiger partial charge >= 0.3 is 12.1 Å². The van der Waals surface area contributed by atoms with Gasteiger partial charge in [-0.3, -0.25) is 0 Å². The minimum Gasteiger partial charge on any atom is -0.491 e. The number of anilines is 1. The Kier molecular flexibility index (Phi) is 12.2. The Morgan fingerprint density at radius 2 is 1.56 bits per heavy atom. The van der Waals surface area contributed by atoms with Crippen LogP contribution in [0.5, 0.6) is 5.75 Å². The van der Waals surface area contributed by atoms with E-state index in [4.69, 9.17) is 18.6 Å². The van der Waals surface area contributed by atoms with E-state index < -0.39 is 13.9 Å². The fourth-order valence-corrected chi connectivity index (χ4v) is 6.56. The number of nitrogens with zero attached hydrogens (tertiary/aromatic N) is 1. The summed E-state index contributed by atoms with van der Waals surface area (Å²) in [7, 11) is -0.389. The SMILES string of the molecule is CCN(c1cc(-c2ccc(OCCO[Si](C)(C)C(C)(C)C)cc2)cc(C(=O)OC)c1C)C1CCC(NC(=O)OC(C)(C)C)CC1. The number of hydrogen-bond acceptors (Lipinski definition) is 7. The Morgan fingerprint density at radius 1 is 0.933 bits per heavy atom. The van der Waals surface area contributed by atoms with Crippen molar-refractivity contribution in [3.63, 3.8) is 0 Å². The molecular weight excluding hydrogens is 584 g/mol. The van der Waals surface area contributed by atoms with Crippen molar-refractivity contribution in [2.24, 2.45) is 0 Å². The molecule has 1 saturated carbocycles. The molecule has 0 radical (unpaired) electrons. The molecule has 1 aliphatic rings. The van der Waals surface area contributed by atoms with Crippen LogP contribution < -0.4 is 15.0 Å². The van der Waals surface area contributed by atoms with Gasteiger partial charge in [-0.2, -0.15) is 0 Å². The third-order valence-corrected chi connectivity index (χ3v) is 13.6. The summed E-state index contributed by atoms with van der Waals surface area (Å²) in [4.78, 5) is 27.6. The summed E-state index contributed by atoms with van der Waals surface area (Å²) in [6.45, 7) is 22.8. The second-order valence-electron chi connectivity index (χ2n) is 14.6. The number of ether oxygens (including phenoxy) is 3. The first kappa shape index (κ1) is 36.4. The van der Waals surface area contributed by atoms with Gasteiger partial charge in [0.15, 0.2) is 8.32 Å². The first-order valence-corrected chi connectivity index (χ1v) is 19.2. The lowest BCUT2D eigenvalue weighted by Crippen LogP contribution is -2.45. The fraction of sp³-hybridized carbons (Fsp3) is 0.611. The van der Waals surface area contributed by atoms with Crippen LogP contribution in [0.4, 0.5) is 10.5 Å². The number of carbonyl (C=O) groups is 2. The van der Waals surface area contributed by atoms with Crippen LogP contribution in [0.25, 0.3) is 11.1 Å². The zero-order valence-electron chi connectivity index (χ0n) is 29.5. The second kappa shape index (κ2) is 15.0. The molecule has 2 aromatic carbocycles. The van der Waals surface area contributed by atoms with Gasteiger partial charge in [-0.25, -0.2) is 9.59 Å². The predicted molar refractivity (Wildman–Crippen MR) is 185 cm³/mol.